The van der Waals surface area contributed by atoms with Gasteiger partial charge < -0.3 is 14.6 Å². The van der Waals surface area contributed by atoms with Crippen LogP contribution in [0.25, 0.3) is 0 Å². The van der Waals surface area contributed by atoms with Gasteiger partial charge in [-0.25, -0.2) is 9.97 Å². The van der Waals surface area contributed by atoms with Gasteiger partial charge in [-0.15, -0.1) is 11.3 Å². The Morgan fingerprint density at radius 1 is 1.33 bits per heavy atom. The van der Waals surface area contributed by atoms with E-state index in [4.69, 9.17) is 4.74 Å². The lowest BCUT2D eigenvalue weighted by molar-refractivity contribution is -0.140. The van der Waals surface area contributed by atoms with Crippen molar-refractivity contribution >= 4 is 11.3 Å². The first-order valence-corrected chi connectivity index (χ1v) is 8.75. The minimum atomic E-state index is -4.39. The second kappa shape index (κ2) is 5.82. The first kappa shape index (κ1) is 16.0. The van der Waals surface area contributed by atoms with E-state index in [0.29, 0.717) is 24.8 Å². The van der Waals surface area contributed by atoms with Crippen molar-refractivity contribution < 1.29 is 17.9 Å². The highest BCUT2D eigenvalue weighted by Gasteiger charge is 2.41. The SMILES string of the molecule is FC(F)(F)c1csc(Cn2cnc3c2CCNC32CCOCC2)n1. The predicted molar refractivity (Wildman–Crippen MR) is 81.9 cm³/mol. The Bertz CT molecular complexity index is 733. The summed E-state index contributed by atoms with van der Waals surface area (Å²) in [5, 5.41) is 5.09. The molecule has 0 bridgehead atoms. The van der Waals surface area contributed by atoms with Crippen LogP contribution in [-0.4, -0.2) is 34.3 Å². The molecule has 0 saturated carbocycles. The van der Waals surface area contributed by atoms with E-state index in [2.05, 4.69) is 15.3 Å². The van der Waals surface area contributed by atoms with Gasteiger partial charge in [0.2, 0.25) is 0 Å². The Morgan fingerprint density at radius 3 is 2.83 bits per heavy atom. The molecule has 1 N–H and O–H groups in total. The summed E-state index contributed by atoms with van der Waals surface area (Å²) in [6, 6.07) is 0. The van der Waals surface area contributed by atoms with Crippen LogP contribution in [-0.2, 0) is 29.4 Å². The summed E-state index contributed by atoms with van der Waals surface area (Å²) in [5.74, 6) is 0. The Kier molecular flexibility index (Phi) is 3.89. The van der Waals surface area contributed by atoms with E-state index in [-0.39, 0.29) is 5.54 Å². The predicted octanol–water partition coefficient (Wildman–Crippen LogP) is 2.56. The van der Waals surface area contributed by atoms with E-state index in [1.807, 2.05) is 4.57 Å². The molecule has 4 heterocycles. The molecule has 2 aromatic rings. The number of fused-ring (bicyclic) bond motifs is 2. The van der Waals surface area contributed by atoms with Crippen LogP contribution in [0.2, 0.25) is 0 Å². The van der Waals surface area contributed by atoms with Crippen LogP contribution in [0.5, 0.6) is 0 Å². The molecule has 0 atom stereocenters. The van der Waals surface area contributed by atoms with Crippen LogP contribution < -0.4 is 5.32 Å². The summed E-state index contributed by atoms with van der Waals surface area (Å²) in [6.07, 6.45) is -0.114. The fourth-order valence-electron chi connectivity index (χ4n) is 3.50. The molecule has 0 unspecified atom stereocenters. The highest BCUT2D eigenvalue weighted by molar-refractivity contribution is 7.09. The topological polar surface area (TPSA) is 52.0 Å². The van der Waals surface area contributed by atoms with Gasteiger partial charge in [-0.05, 0) is 12.8 Å². The summed E-state index contributed by atoms with van der Waals surface area (Å²) >= 11 is 1.04. The quantitative estimate of drug-likeness (QED) is 0.897. The van der Waals surface area contributed by atoms with Gasteiger partial charge in [0.05, 0.1) is 24.1 Å². The zero-order valence-electron chi connectivity index (χ0n) is 12.9. The molecular formula is C15H17F3N4OS. The maximum atomic E-state index is 12.7. The van der Waals surface area contributed by atoms with Crippen molar-refractivity contribution in [3.05, 3.63) is 33.8 Å². The van der Waals surface area contributed by atoms with Gasteiger partial charge in [0, 0.05) is 37.3 Å². The van der Waals surface area contributed by atoms with Crippen LogP contribution >= 0.6 is 11.3 Å². The third kappa shape index (κ3) is 2.74. The Morgan fingerprint density at radius 2 is 2.12 bits per heavy atom. The molecular weight excluding hydrogens is 341 g/mol. The van der Waals surface area contributed by atoms with Gasteiger partial charge in [0.1, 0.15) is 5.01 Å². The van der Waals surface area contributed by atoms with E-state index in [1.54, 1.807) is 6.33 Å². The third-order valence-electron chi connectivity index (χ3n) is 4.72. The summed E-state index contributed by atoms with van der Waals surface area (Å²) < 4.78 is 45.5. The van der Waals surface area contributed by atoms with E-state index < -0.39 is 11.9 Å². The van der Waals surface area contributed by atoms with Crippen LogP contribution in [0.1, 0.15) is 34.9 Å². The molecule has 2 aromatic heterocycles. The van der Waals surface area contributed by atoms with Crippen LogP contribution in [0.4, 0.5) is 13.2 Å². The highest BCUT2D eigenvalue weighted by atomic mass is 32.1. The second-order valence-electron chi connectivity index (χ2n) is 6.16. The molecule has 0 radical (unpaired) electrons. The first-order chi connectivity index (χ1) is 11.5. The zero-order valence-corrected chi connectivity index (χ0v) is 13.7. The molecule has 130 valence electrons. The Balaban J connectivity index is 1.61. The average Bonchev–Trinajstić information content (AvgIpc) is 3.17. The number of alkyl halides is 3. The van der Waals surface area contributed by atoms with Crippen molar-refractivity contribution in [2.45, 2.75) is 37.5 Å². The number of nitrogens with zero attached hydrogens (tertiary/aromatic N) is 3. The summed E-state index contributed by atoms with van der Waals surface area (Å²) in [5.41, 5.74) is 1.14. The molecule has 2 aliphatic rings. The Labute approximate surface area is 140 Å². The van der Waals surface area contributed by atoms with Crippen molar-refractivity contribution in [3.8, 4) is 0 Å². The van der Waals surface area contributed by atoms with Crippen LogP contribution in [0.15, 0.2) is 11.7 Å². The number of halogens is 3. The van der Waals surface area contributed by atoms with E-state index >= 15 is 0 Å². The van der Waals surface area contributed by atoms with E-state index in [9.17, 15) is 13.2 Å². The smallest absolute Gasteiger partial charge is 0.381 e. The van der Waals surface area contributed by atoms with Crippen molar-refractivity contribution in [1.29, 1.82) is 0 Å². The van der Waals surface area contributed by atoms with Crippen molar-refractivity contribution in [1.82, 2.24) is 19.9 Å². The lowest BCUT2D eigenvalue weighted by atomic mass is 9.82. The molecule has 0 amide bonds. The number of ether oxygens (including phenoxy) is 1. The number of nitrogens with one attached hydrogen (secondary N) is 1. The van der Waals surface area contributed by atoms with Gasteiger partial charge in [0.15, 0.2) is 5.69 Å². The van der Waals surface area contributed by atoms with Crippen LogP contribution in [0, 0.1) is 0 Å². The Hall–Kier alpha value is -1.45. The second-order valence-corrected chi connectivity index (χ2v) is 7.11. The van der Waals surface area contributed by atoms with Gasteiger partial charge in [-0.3, -0.25) is 0 Å². The summed E-state index contributed by atoms with van der Waals surface area (Å²) in [4.78, 5) is 8.30. The lowest BCUT2D eigenvalue weighted by Gasteiger charge is -2.40. The highest BCUT2D eigenvalue weighted by Crippen LogP contribution is 2.36. The van der Waals surface area contributed by atoms with Crippen LogP contribution in [0.3, 0.4) is 0 Å². The maximum Gasteiger partial charge on any atom is 0.434 e. The first-order valence-electron chi connectivity index (χ1n) is 7.87. The number of hydrogen-bond donors (Lipinski definition) is 1. The van der Waals surface area contributed by atoms with E-state index in [1.165, 1.54) is 0 Å². The standard InChI is InChI=1S/C15H17F3N4OS/c16-15(17,18)11-8-24-12(21-11)7-22-9-19-13-10(22)1-4-20-14(13)2-5-23-6-3-14/h8-9,20H,1-7H2. The molecule has 2 aliphatic heterocycles. The van der Waals surface area contributed by atoms with Crippen molar-refractivity contribution in [2.75, 3.05) is 19.8 Å². The third-order valence-corrected chi connectivity index (χ3v) is 5.55. The summed E-state index contributed by atoms with van der Waals surface area (Å²) in [7, 11) is 0. The number of hydrogen-bond acceptors (Lipinski definition) is 5. The minimum Gasteiger partial charge on any atom is -0.381 e. The molecule has 0 aliphatic carbocycles. The van der Waals surface area contributed by atoms with Gasteiger partial charge >= 0.3 is 6.18 Å². The van der Waals surface area contributed by atoms with Crippen molar-refractivity contribution in [3.63, 3.8) is 0 Å². The molecule has 1 fully saturated rings. The number of rotatable bonds is 2. The molecule has 1 spiro atoms. The number of aromatic nitrogens is 3. The monoisotopic (exact) mass is 358 g/mol. The molecule has 9 heteroatoms. The minimum absolute atomic E-state index is 0.156. The fraction of sp³-hybridized carbons (Fsp3) is 0.600. The van der Waals surface area contributed by atoms with Gasteiger partial charge in [-0.2, -0.15) is 13.2 Å². The average molecular weight is 358 g/mol. The molecule has 1 saturated heterocycles. The van der Waals surface area contributed by atoms with Crippen molar-refractivity contribution in [2.24, 2.45) is 0 Å². The maximum absolute atomic E-state index is 12.7. The van der Waals surface area contributed by atoms with Gasteiger partial charge in [-0.1, -0.05) is 0 Å². The largest absolute Gasteiger partial charge is 0.434 e. The zero-order chi connectivity index (χ0) is 16.8. The lowest BCUT2D eigenvalue weighted by Crippen LogP contribution is -2.51. The molecule has 5 nitrogen and oxygen atoms in total. The normalized spacial score (nSPS) is 20.3. The summed E-state index contributed by atoms with van der Waals surface area (Å²) in [6.45, 7) is 2.56. The number of imidazole rings is 1. The molecule has 4 rings (SSSR count). The molecule has 24 heavy (non-hydrogen) atoms. The fourth-order valence-corrected chi connectivity index (χ4v) is 4.30. The van der Waals surface area contributed by atoms with E-state index in [0.717, 1.165) is 53.9 Å². The molecule has 0 aromatic carbocycles. The van der Waals surface area contributed by atoms with Gasteiger partial charge in [0.25, 0.3) is 0 Å². The number of thiazole rings is 1.